The Morgan fingerprint density at radius 2 is 2.41 bits per heavy atom. The zero-order chi connectivity index (χ0) is 12.3. The van der Waals surface area contributed by atoms with E-state index in [0.29, 0.717) is 12.0 Å². The predicted octanol–water partition coefficient (Wildman–Crippen LogP) is 2.27. The molecule has 2 rings (SSSR count). The van der Waals surface area contributed by atoms with Gasteiger partial charge in [0.05, 0.1) is 5.01 Å². The molecular weight excluding hydrogens is 232 g/mol. The van der Waals surface area contributed by atoms with E-state index in [2.05, 4.69) is 23.7 Å². The molecule has 96 valence electrons. The minimum atomic E-state index is 0.227. The fourth-order valence-electron chi connectivity index (χ4n) is 2.41. The SMILES string of the molecule is CC(C)N1CCCC(c2ncc(CCO)s2)C1. The molecule has 1 N–H and O–H groups in total. The van der Waals surface area contributed by atoms with Gasteiger partial charge in [0.25, 0.3) is 0 Å². The molecule has 1 aliphatic heterocycles. The number of piperidine rings is 1. The Labute approximate surface area is 107 Å². The number of likely N-dealkylation sites (tertiary alicyclic amines) is 1. The molecule has 1 aromatic rings. The molecule has 1 unspecified atom stereocenters. The largest absolute Gasteiger partial charge is 0.396 e. The number of nitrogens with zero attached hydrogens (tertiary/aromatic N) is 2. The summed E-state index contributed by atoms with van der Waals surface area (Å²) in [7, 11) is 0. The van der Waals surface area contributed by atoms with Crippen LogP contribution in [0.1, 0.15) is 42.5 Å². The topological polar surface area (TPSA) is 36.4 Å². The number of hydrogen-bond acceptors (Lipinski definition) is 4. The second-order valence-electron chi connectivity index (χ2n) is 5.07. The fraction of sp³-hybridized carbons (Fsp3) is 0.769. The van der Waals surface area contributed by atoms with Gasteiger partial charge < -0.3 is 10.0 Å². The average molecular weight is 254 g/mol. The Morgan fingerprint density at radius 1 is 1.59 bits per heavy atom. The number of thiazole rings is 1. The van der Waals surface area contributed by atoms with Crippen molar-refractivity contribution in [3.05, 3.63) is 16.1 Å². The summed E-state index contributed by atoms with van der Waals surface area (Å²) in [6.07, 6.45) is 5.22. The molecule has 2 heterocycles. The van der Waals surface area contributed by atoms with Crippen molar-refractivity contribution in [2.45, 2.75) is 45.1 Å². The molecule has 0 aromatic carbocycles. The summed E-state index contributed by atoms with van der Waals surface area (Å²) in [6.45, 7) is 7.13. The highest BCUT2D eigenvalue weighted by Crippen LogP contribution is 2.30. The van der Waals surface area contributed by atoms with Crippen LogP contribution in [0.25, 0.3) is 0 Å². The van der Waals surface area contributed by atoms with Gasteiger partial charge in [-0.3, -0.25) is 0 Å². The molecule has 17 heavy (non-hydrogen) atoms. The Hall–Kier alpha value is -0.450. The second-order valence-corrected chi connectivity index (χ2v) is 6.21. The van der Waals surface area contributed by atoms with E-state index >= 15 is 0 Å². The third-order valence-electron chi connectivity index (χ3n) is 3.46. The molecule has 0 amide bonds. The van der Waals surface area contributed by atoms with E-state index < -0.39 is 0 Å². The highest BCUT2D eigenvalue weighted by Gasteiger charge is 2.24. The average Bonchev–Trinajstić information content (AvgIpc) is 2.78. The Morgan fingerprint density at radius 3 is 3.12 bits per heavy atom. The first-order chi connectivity index (χ1) is 8.20. The minimum absolute atomic E-state index is 0.227. The van der Waals surface area contributed by atoms with Crippen LogP contribution in [0.5, 0.6) is 0 Å². The van der Waals surface area contributed by atoms with Crippen LogP contribution >= 0.6 is 11.3 Å². The van der Waals surface area contributed by atoms with Crippen LogP contribution in [0.2, 0.25) is 0 Å². The maximum atomic E-state index is 8.92. The van der Waals surface area contributed by atoms with E-state index in [1.165, 1.54) is 29.3 Å². The van der Waals surface area contributed by atoms with Gasteiger partial charge in [-0.25, -0.2) is 4.98 Å². The zero-order valence-electron chi connectivity index (χ0n) is 10.7. The molecule has 1 aliphatic rings. The van der Waals surface area contributed by atoms with Crippen LogP contribution in [-0.4, -0.2) is 40.7 Å². The van der Waals surface area contributed by atoms with Crippen LogP contribution in [0.3, 0.4) is 0 Å². The standard InChI is InChI=1S/C13H22N2OS/c1-10(2)15-6-3-4-11(9-15)13-14-8-12(17-13)5-7-16/h8,10-11,16H,3-7,9H2,1-2H3. The molecule has 0 bridgehead atoms. The Bertz CT molecular complexity index is 351. The molecule has 0 radical (unpaired) electrons. The smallest absolute Gasteiger partial charge is 0.0971 e. The summed E-state index contributed by atoms with van der Waals surface area (Å²) < 4.78 is 0. The van der Waals surface area contributed by atoms with Crippen molar-refractivity contribution in [3.63, 3.8) is 0 Å². The van der Waals surface area contributed by atoms with Crippen molar-refractivity contribution in [2.75, 3.05) is 19.7 Å². The van der Waals surface area contributed by atoms with Crippen molar-refractivity contribution in [2.24, 2.45) is 0 Å². The maximum Gasteiger partial charge on any atom is 0.0971 e. The molecule has 1 aromatic heterocycles. The lowest BCUT2D eigenvalue weighted by molar-refractivity contribution is 0.167. The van der Waals surface area contributed by atoms with E-state index in [1.807, 2.05) is 6.20 Å². The monoisotopic (exact) mass is 254 g/mol. The highest BCUT2D eigenvalue weighted by molar-refractivity contribution is 7.11. The minimum Gasteiger partial charge on any atom is -0.396 e. The van der Waals surface area contributed by atoms with Gasteiger partial charge >= 0.3 is 0 Å². The molecule has 4 heteroatoms. The first-order valence-corrected chi connectivity index (χ1v) is 7.32. The Balaban J connectivity index is 2.00. The molecule has 1 fully saturated rings. The van der Waals surface area contributed by atoms with Gasteiger partial charge in [-0.15, -0.1) is 11.3 Å². The lowest BCUT2D eigenvalue weighted by Crippen LogP contribution is -2.39. The van der Waals surface area contributed by atoms with Gasteiger partial charge in [0.15, 0.2) is 0 Å². The quantitative estimate of drug-likeness (QED) is 0.895. The van der Waals surface area contributed by atoms with Crippen molar-refractivity contribution < 1.29 is 5.11 Å². The number of aliphatic hydroxyl groups is 1. The van der Waals surface area contributed by atoms with Crippen LogP contribution in [0.15, 0.2) is 6.20 Å². The molecule has 3 nitrogen and oxygen atoms in total. The predicted molar refractivity (Wildman–Crippen MR) is 71.6 cm³/mol. The first kappa shape index (κ1) is 13.0. The molecule has 0 saturated carbocycles. The summed E-state index contributed by atoms with van der Waals surface area (Å²) in [4.78, 5) is 8.29. The van der Waals surface area contributed by atoms with Crippen molar-refractivity contribution in [1.82, 2.24) is 9.88 Å². The zero-order valence-corrected chi connectivity index (χ0v) is 11.5. The van der Waals surface area contributed by atoms with Crippen molar-refractivity contribution in [3.8, 4) is 0 Å². The fourth-order valence-corrected chi connectivity index (χ4v) is 3.45. The first-order valence-electron chi connectivity index (χ1n) is 6.50. The third-order valence-corrected chi connectivity index (χ3v) is 4.68. The highest BCUT2D eigenvalue weighted by atomic mass is 32.1. The van der Waals surface area contributed by atoms with E-state index in [1.54, 1.807) is 11.3 Å². The van der Waals surface area contributed by atoms with E-state index in [0.717, 1.165) is 13.0 Å². The normalized spacial score (nSPS) is 22.2. The Kier molecular flexibility index (Phi) is 4.54. The summed E-state index contributed by atoms with van der Waals surface area (Å²) >= 11 is 1.78. The van der Waals surface area contributed by atoms with Crippen LogP contribution in [0.4, 0.5) is 0 Å². The van der Waals surface area contributed by atoms with Crippen molar-refractivity contribution >= 4 is 11.3 Å². The van der Waals surface area contributed by atoms with E-state index in [9.17, 15) is 0 Å². The molecule has 1 saturated heterocycles. The van der Waals surface area contributed by atoms with Crippen molar-refractivity contribution in [1.29, 1.82) is 0 Å². The molecule has 1 atom stereocenters. The summed E-state index contributed by atoms with van der Waals surface area (Å²) in [5.41, 5.74) is 0. The lowest BCUT2D eigenvalue weighted by Gasteiger charge is -2.34. The van der Waals surface area contributed by atoms with Gasteiger partial charge in [-0.2, -0.15) is 0 Å². The number of hydrogen-bond donors (Lipinski definition) is 1. The van der Waals surface area contributed by atoms with E-state index in [-0.39, 0.29) is 6.61 Å². The van der Waals surface area contributed by atoms with Crippen LogP contribution in [0, 0.1) is 0 Å². The molecule has 0 aliphatic carbocycles. The van der Waals surface area contributed by atoms with Gasteiger partial charge in [-0.05, 0) is 33.2 Å². The van der Waals surface area contributed by atoms with Gasteiger partial charge in [0.1, 0.15) is 0 Å². The summed E-state index contributed by atoms with van der Waals surface area (Å²) in [5.74, 6) is 0.601. The molecular formula is C13H22N2OS. The second kappa shape index (κ2) is 5.94. The summed E-state index contributed by atoms with van der Waals surface area (Å²) in [6, 6.07) is 0.634. The number of aliphatic hydroxyl groups excluding tert-OH is 1. The lowest BCUT2D eigenvalue weighted by atomic mass is 9.98. The molecule has 0 spiro atoms. The summed E-state index contributed by atoms with van der Waals surface area (Å²) in [5, 5.41) is 10.2. The van der Waals surface area contributed by atoms with Gasteiger partial charge in [-0.1, -0.05) is 0 Å². The van der Waals surface area contributed by atoms with Crippen LogP contribution in [-0.2, 0) is 6.42 Å². The number of rotatable bonds is 4. The maximum absolute atomic E-state index is 8.92. The van der Waals surface area contributed by atoms with Crippen LogP contribution < -0.4 is 0 Å². The van der Waals surface area contributed by atoms with Gasteiger partial charge in [0.2, 0.25) is 0 Å². The third kappa shape index (κ3) is 3.27. The van der Waals surface area contributed by atoms with Gasteiger partial charge in [0, 0.05) is 42.6 Å². The number of aromatic nitrogens is 1. The van der Waals surface area contributed by atoms with E-state index in [4.69, 9.17) is 5.11 Å².